The molecule has 1 aromatic carbocycles. The van der Waals surface area contributed by atoms with Gasteiger partial charge in [0.25, 0.3) is 5.91 Å². The number of sulfonamides is 1. The summed E-state index contributed by atoms with van der Waals surface area (Å²) in [6.45, 7) is 1.81. The number of nitrogens with zero attached hydrogens (tertiary/aromatic N) is 3. The minimum absolute atomic E-state index is 0.00445. The Bertz CT molecular complexity index is 888. The van der Waals surface area contributed by atoms with Crippen LogP contribution in [0.5, 0.6) is 0 Å². The zero-order chi connectivity index (χ0) is 18.1. The van der Waals surface area contributed by atoms with Crippen LogP contribution in [0.2, 0.25) is 0 Å². The van der Waals surface area contributed by atoms with Crippen molar-refractivity contribution < 1.29 is 13.2 Å². The summed E-state index contributed by atoms with van der Waals surface area (Å²) in [5.74, 6) is 0.264. The first kappa shape index (κ1) is 17.6. The Morgan fingerprint density at radius 1 is 1.19 bits per heavy atom. The first-order valence-corrected chi connectivity index (χ1v) is 11.4. The number of hydrogen-bond donors (Lipinski definition) is 0. The molecule has 2 saturated heterocycles. The molecule has 1 aromatic heterocycles. The molecule has 0 spiro atoms. The van der Waals surface area contributed by atoms with Crippen LogP contribution in [0.4, 0.5) is 0 Å². The van der Waals surface area contributed by atoms with E-state index in [-0.39, 0.29) is 17.7 Å². The largest absolute Gasteiger partial charge is 0.339 e. The van der Waals surface area contributed by atoms with E-state index in [1.54, 1.807) is 9.82 Å². The Labute approximate surface area is 157 Å². The molecule has 0 saturated carbocycles. The molecule has 0 radical (unpaired) electrons. The maximum absolute atomic E-state index is 12.9. The lowest BCUT2D eigenvalue weighted by Gasteiger charge is -2.35. The summed E-state index contributed by atoms with van der Waals surface area (Å²) in [4.78, 5) is 19.0. The van der Waals surface area contributed by atoms with Crippen molar-refractivity contribution in [2.24, 2.45) is 0 Å². The van der Waals surface area contributed by atoms with E-state index in [9.17, 15) is 13.2 Å². The monoisotopic (exact) mass is 391 g/mol. The van der Waals surface area contributed by atoms with E-state index in [1.807, 2.05) is 34.5 Å². The smallest absolute Gasteiger partial charge is 0.253 e. The summed E-state index contributed by atoms with van der Waals surface area (Å²) >= 11 is 1.53. The van der Waals surface area contributed by atoms with Crippen molar-refractivity contribution >= 4 is 27.3 Å². The van der Waals surface area contributed by atoms with Crippen LogP contribution in [0, 0.1) is 0 Å². The van der Waals surface area contributed by atoms with Crippen molar-refractivity contribution in [3.8, 4) is 11.3 Å². The van der Waals surface area contributed by atoms with E-state index in [1.165, 1.54) is 11.3 Å². The second kappa shape index (κ2) is 7.09. The first-order valence-electron chi connectivity index (χ1n) is 8.82. The zero-order valence-electron chi connectivity index (χ0n) is 14.4. The Morgan fingerprint density at radius 3 is 2.65 bits per heavy atom. The van der Waals surface area contributed by atoms with Gasteiger partial charge in [-0.2, -0.15) is 4.31 Å². The molecule has 3 heterocycles. The number of piperidine rings is 1. The molecule has 0 bridgehead atoms. The molecule has 2 aliphatic rings. The van der Waals surface area contributed by atoms with Gasteiger partial charge in [0.15, 0.2) is 0 Å². The Morgan fingerprint density at radius 2 is 2.00 bits per heavy atom. The first-order chi connectivity index (χ1) is 12.5. The fourth-order valence-electron chi connectivity index (χ4n) is 3.77. The molecule has 6 nitrogen and oxygen atoms in total. The highest BCUT2D eigenvalue weighted by Gasteiger charge is 2.36. The molecule has 26 heavy (non-hydrogen) atoms. The van der Waals surface area contributed by atoms with Crippen LogP contribution in [-0.4, -0.2) is 59.9 Å². The topological polar surface area (TPSA) is 70.6 Å². The molecule has 0 aliphatic carbocycles. The quantitative estimate of drug-likeness (QED) is 0.806. The number of rotatable bonds is 3. The molecule has 0 N–H and O–H groups in total. The fraction of sp³-hybridized carbons (Fsp3) is 0.444. The second-order valence-corrected chi connectivity index (χ2v) is 9.52. The number of benzene rings is 1. The third-order valence-corrected chi connectivity index (χ3v) is 7.72. The predicted molar refractivity (Wildman–Crippen MR) is 102 cm³/mol. The Balaban J connectivity index is 1.43. The average molecular weight is 392 g/mol. The van der Waals surface area contributed by atoms with Crippen LogP contribution in [0.25, 0.3) is 11.3 Å². The summed E-state index contributed by atoms with van der Waals surface area (Å²) in [5.41, 5.74) is 4.25. The molecule has 0 atom stereocenters. The predicted octanol–water partition coefficient (Wildman–Crippen LogP) is 2.45. The number of thiazole rings is 1. The van der Waals surface area contributed by atoms with E-state index in [0.29, 0.717) is 44.5 Å². The van der Waals surface area contributed by atoms with Crippen LogP contribution in [0.1, 0.15) is 29.6 Å². The summed E-state index contributed by atoms with van der Waals surface area (Å²) in [6.07, 6.45) is 2.12. The lowest BCUT2D eigenvalue weighted by atomic mass is 10.0. The molecule has 2 aromatic rings. The van der Waals surface area contributed by atoms with Gasteiger partial charge < -0.3 is 4.90 Å². The van der Waals surface area contributed by atoms with Gasteiger partial charge in [-0.25, -0.2) is 13.4 Å². The van der Waals surface area contributed by atoms with Crippen LogP contribution >= 0.6 is 11.3 Å². The van der Waals surface area contributed by atoms with Gasteiger partial charge in [-0.1, -0.05) is 12.1 Å². The summed E-state index contributed by atoms with van der Waals surface area (Å²) in [7, 11) is -3.08. The molecule has 138 valence electrons. The lowest BCUT2D eigenvalue weighted by Crippen LogP contribution is -2.47. The van der Waals surface area contributed by atoms with Gasteiger partial charge in [0, 0.05) is 42.2 Å². The van der Waals surface area contributed by atoms with Gasteiger partial charge in [0.2, 0.25) is 10.0 Å². The van der Waals surface area contributed by atoms with Crippen LogP contribution in [-0.2, 0) is 10.0 Å². The number of carbonyl (C=O) groups excluding carboxylic acids is 1. The Kier molecular flexibility index (Phi) is 4.81. The minimum atomic E-state index is -3.08. The molecule has 2 fully saturated rings. The van der Waals surface area contributed by atoms with E-state index in [2.05, 4.69) is 4.98 Å². The molecular weight excluding hydrogens is 370 g/mol. The highest BCUT2D eigenvalue weighted by Crippen LogP contribution is 2.26. The maximum atomic E-state index is 12.9. The van der Waals surface area contributed by atoms with Crippen LogP contribution in [0.15, 0.2) is 35.2 Å². The van der Waals surface area contributed by atoms with Gasteiger partial charge in [-0.15, -0.1) is 11.3 Å². The number of amides is 1. The molecule has 8 heteroatoms. The molecule has 2 aliphatic heterocycles. The van der Waals surface area contributed by atoms with Gasteiger partial charge in [0.1, 0.15) is 0 Å². The zero-order valence-corrected chi connectivity index (χ0v) is 16.0. The second-order valence-electron chi connectivity index (χ2n) is 6.76. The van der Waals surface area contributed by atoms with Crippen molar-refractivity contribution in [2.75, 3.05) is 25.4 Å². The normalized spacial score (nSPS) is 21.2. The van der Waals surface area contributed by atoms with Crippen molar-refractivity contribution in [1.29, 1.82) is 0 Å². The summed E-state index contributed by atoms with van der Waals surface area (Å²) in [5, 5.41) is 1.96. The number of carbonyl (C=O) groups is 1. The molecule has 1 amide bonds. The van der Waals surface area contributed by atoms with Crippen LogP contribution in [0.3, 0.4) is 0 Å². The number of likely N-dealkylation sites (tertiary alicyclic amines) is 1. The highest BCUT2D eigenvalue weighted by atomic mass is 32.2. The fourth-order valence-corrected chi connectivity index (χ4v) is 6.14. The highest BCUT2D eigenvalue weighted by molar-refractivity contribution is 7.89. The molecule has 4 rings (SSSR count). The van der Waals surface area contributed by atoms with Gasteiger partial charge >= 0.3 is 0 Å². The van der Waals surface area contributed by atoms with E-state index in [4.69, 9.17) is 0 Å². The number of aromatic nitrogens is 1. The number of hydrogen-bond acceptors (Lipinski definition) is 5. The van der Waals surface area contributed by atoms with E-state index < -0.39 is 10.0 Å². The third kappa shape index (κ3) is 3.41. The van der Waals surface area contributed by atoms with Crippen molar-refractivity contribution in [2.45, 2.75) is 25.3 Å². The molecule has 0 unspecified atom stereocenters. The standard InChI is InChI=1S/C18H21N3O3S2/c22-18(15-4-1-3-14(11-15)17-12-25-13-19-17)20-8-5-16(6-9-20)21-7-2-10-26(21,23)24/h1,3-4,11-13,16H,2,5-10H2. The van der Waals surface area contributed by atoms with Crippen LogP contribution < -0.4 is 0 Å². The third-order valence-electron chi connectivity index (χ3n) is 5.13. The van der Waals surface area contributed by atoms with Gasteiger partial charge in [0.05, 0.1) is 17.0 Å². The van der Waals surface area contributed by atoms with Crippen molar-refractivity contribution in [1.82, 2.24) is 14.2 Å². The minimum Gasteiger partial charge on any atom is -0.339 e. The lowest BCUT2D eigenvalue weighted by molar-refractivity contribution is 0.0681. The van der Waals surface area contributed by atoms with E-state index >= 15 is 0 Å². The van der Waals surface area contributed by atoms with Crippen molar-refractivity contribution in [3.63, 3.8) is 0 Å². The average Bonchev–Trinajstić information content (AvgIpc) is 3.31. The van der Waals surface area contributed by atoms with Gasteiger partial charge in [-0.05, 0) is 31.4 Å². The summed E-state index contributed by atoms with van der Waals surface area (Å²) in [6, 6.07) is 7.58. The SMILES string of the molecule is O=C(c1cccc(-c2cscn2)c1)N1CCC(N2CCCS2(=O)=O)CC1. The molecular formula is C18H21N3O3S2. The maximum Gasteiger partial charge on any atom is 0.253 e. The van der Waals surface area contributed by atoms with Gasteiger partial charge in [-0.3, -0.25) is 4.79 Å². The summed E-state index contributed by atoms with van der Waals surface area (Å²) < 4.78 is 25.8. The van der Waals surface area contributed by atoms with Crippen molar-refractivity contribution in [3.05, 3.63) is 40.7 Å². The van der Waals surface area contributed by atoms with E-state index in [0.717, 1.165) is 11.3 Å². The Hall–Kier alpha value is -1.77.